The predicted molar refractivity (Wildman–Crippen MR) is 149 cm³/mol. The van der Waals surface area contributed by atoms with Crippen LogP contribution in [0, 0.1) is 5.82 Å². The standard InChI is InChI=1S/C28H31ClFN3O5S/c1-3-4-17-31-28(35)20(2)33(18-21-5-7-22(29)8-6-21)27(34)19-38-25-13-15-26(16-14-25)39(36,37)32-24-11-9-23(30)10-12-24/h5-16,20,32H,3-4,17-19H2,1-2H3,(H,31,35). The molecule has 0 aliphatic heterocycles. The van der Waals surface area contributed by atoms with E-state index in [2.05, 4.69) is 10.0 Å². The van der Waals surface area contributed by atoms with Crippen molar-refractivity contribution in [1.82, 2.24) is 10.2 Å². The van der Waals surface area contributed by atoms with Crippen molar-refractivity contribution in [3.63, 3.8) is 0 Å². The first-order valence-corrected chi connectivity index (χ1v) is 14.3. The Labute approximate surface area is 233 Å². The summed E-state index contributed by atoms with van der Waals surface area (Å²) in [6.45, 7) is 4.01. The average molecular weight is 576 g/mol. The van der Waals surface area contributed by atoms with E-state index in [1.54, 1.807) is 31.2 Å². The number of anilines is 1. The molecule has 2 amide bonds. The summed E-state index contributed by atoms with van der Waals surface area (Å²) in [7, 11) is -3.91. The van der Waals surface area contributed by atoms with E-state index < -0.39 is 27.8 Å². The van der Waals surface area contributed by atoms with Crippen LogP contribution in [0.25, 0.3) is 0 Å². The van der Waals surface area contributed by atoms with Crippen LogP contribution in [-0.4, -0.2) is 44.3 Å². The third-order valence-electron chi connectivity index (χ3n) is 5.86. The third kappa shape index (κ3) is 8.97. The van der Waals surface area contributed by atoms with Crippen molar-refractivity contribution in [3.8, 4) is 5.75 Å². The minimum Gasteiger partial charge on any atom is -0.484 e. The molecule has 1 atom stereocenters. The van der Waals surface area contributed by atoms with Gasteiger partial charge in [0.2, 0.25) is 5.91 Å². The molecule has 3 aromatic rings. The van der Waals surface area contributed by atoms with Gasteiger partial charge in [0.15, 0.2) is 6.61 Å². The third-order valence-corrected chi connectivity index (χ3v) is 7.50. The van der Waals surface area contributed by atoms with Gasteiger partial charge in [-0.05, 0) is 79.6 Å². The minimum atomic E-state index is -3.91. The number of nitrogens with one attached hydrogen (secondary N) is 2. The Morgan fingerprint density at radius 1 is 1.00 bits per heavy atom. The van der Waals surface area contributed by atoms with Gasteiger partial charge in [0.1, 0.15) is 17.6 Å². The molecule has 11 heteroatoms. The van der Waals surface area contributed by atoms with Crippen LogP contribution in [0.15, 0.2) is 77.7 Å². The van der Waals surface area contributed by atoms with E-state index in [1.807, 2.05) is 6.92 Å². The molecule has 1 unspecified atom stereocenters. The summed E-state index contributed by atoms with van der Waals surface area (Å²) in [5.74, 6) is -0.894. The van der Waals surface area contributed by atoms with Gasteiger partial charge < -0.3 is 15.0 Å². The number of carbonyl (C=O) groups is 2. The van der Waals surface area contributed by atoms with E-state index in [1.165, 1.54) is 41.3 Å². The summed E-state index contributed by atoms with van der Waals surface area (Å²) in [5, 5.41) is 3.41. The monoisotopic (exact) mass is 575 g/mol. The van der Waals surface area contributed by atoms with Crippen LogP contribution in [0.4, 0.5) is 10.1 Å². The molecule has 0 bridgehead atoms. The lowest BCUT2D eigenvalue weighted by atomic mass is 10.1. The SMILES string of the molecule is CCCCNC(=O)C(C)N(Cc1ccc(Cl)cc1)C(=O)COc1ccc(S(=O)(=O)Nc2ccc(F)cc2)cc1. The van der Waals surface area contributed by atoms with Crippen LogP contribution in [0.1, 0.15) is 32.3 Å². The average Bonchev–Trinajstić information content (AvgIpc) is 2.92. The van der Waals surface area contributed by atoms with Gasteiger partial charge in [0, 0.05) is 23.8 Å². The van der Waals surface area contributed by atoms with E-state index >= 15 is 0 Å². The van der Waals surface area contributed by atoms with Crippen molar-refractivity contribution >= 4 is 39.1 Å². The lowest BCUT2D eigenvalue weighted by Gasteiger charge is -2.28. The fourth-order valence-corrected chi connectivity index (χ4v) is 4.76. The number of carbonyl (C=O) groups excluding carboxylic acids is 2. The Bertz CT molecular complexity index is 1350. The lowest BCUT2D eigenvalue weighted by molar-refractivity contribution is -0.142. The Hall–Kier alpha value is -3.63. The highest BCUT2D eigenvalue weighted by atomic mass is 35.5. The maximum atomic E-state index is 13.2. The van der Waals surface area contributed by atoms with E-state index in [0.29, 0.717) is 11.6 Å². The number of nitrogens with zero attached hydrogens (tertiary/aromatic N) is 1. The Balaban J connectivity index is 1.67. The van der Waals surface area contributed by atoms with Crippen LogP contribution in [0.5, 0.6) is 5.75 Å². The number of hydrogen-bond donors (Lipinski definition) is 2. The summed E-state index contributed by atoms with van der Waals surface area (Å²) in [5.41, 5.74) is 1.01. The number of benzene rings is 3. The Morgan fingerprint density at radius 2 is 1.64 bits per heavy atom. The summed E-state index contributed by atoms with van der Waals surface area (Å²) in [4.78, 5) is 27.3. The van der Waals surface area contributed by atoms with E-state index in [9.17, 15) is 22.4 Å². The van der Waals surface area contributed by atoms with Crippen molar-refractivity contribution in [2.24, 2.45) is 0 Å². The molecule has 0 radical (unpaired) electrons. The second-order valence-electron chi connectivity index (χ2n) is 8.84. The summed E-state index contributed by atoms with van der Waals surface area (Å²) in [6, 6.07) is 16.7. The normalized spacial score (nSPS) is 11.9. The van der Waals surface area contributed by atoms with Crippen LogP contribution in [0.2, 0.25) is 5.02 Å². The first-order chi connectivity index (χ1) is 18.6. The number of halogens is 2. The molecular weight excluding hydrogens is 545 g/mol. The smallest absolute Gasteiger partial charge is 0.261 e. The van der Waals surface area contributed by atoms with Crippen LogP contribution in [-0.2, 0) is 26.2 Å². The van der Waals surface area contributed by atoms with Crippen molar-refractivity contribution in [2.75, 3.05) is 17.9 Å². The number of unbranched alkanes of at least 4 members (excludes halogenated alkanes) is 1. The van der Waals surface area contributed by atoms with Crippen LogP contribution < -0.4 is 14.8 Å². The Morgan fingerprint density at radius 3 is 2.26 bits per heavy atom. The fraction of sp³-hybridized carbons (Fsp3) is 0.286. The second kappa shape index (κ2) is 14.0. The summed E-state index contributed by atoms with van der Waals surface area (Å²) >= 11 is 5.98. The minimum absolute atomic E-state index is 0.0350. The van der Waals surface area contributed by atoms with Gasteiger partial charge in [-0.1, -0.05) is 37.1 Å². The highest BCUT2D eigenvalue weighted by Crippen LogP contribution is 2.20. The number of rotatable bonds is 13. The molecule has 0 aromatic heterocycles. The Kier molecular flexibility index (Phi) is 10.7. The van der Waals surface area contributed by atoms with Gasteiger partial charge >= 0.3 is 0 Å². The molecule has 0 aliphatic rings. The quantitative estimate of drug-likeness (QED) is 0.279. The van der Waals surface area contributed by atoms with E-state index in [4.69, 9.17) is 16.3 Å². The van der Waals surface area contributed by atoms with Crippen LogP contribution in [0.3, 0.4) is 0 Å². The topological polar surface area (TPSA) is 105 Å². The zero-order valence-electron chi connectivity index (χ0n) is 21.7. The van der Waals surface area contributed by atoms with Crippen molar-refractivity contribution in [2.45, 2.75) is 44.2 Å². The molecule has 0 aliphatic carbocycles. The maximum absolute atomic E-state index is 13.2. The number of hydrogen-bond acceptors (Lipinski definition) is 5. The molecule has 3 rings (SSSR count). The maximum Gasteiger partial charge on any atom is 0.261 e. The summed E-state index contributed by atoms with van der Waals surface area (Å²) in [6.07, 6.45) is 1.76. The largest absolute Gasteiger partial charge is 0.484 e. The fourth-order valence-electron chi connectivity index (χ4n) is 3.58. The molecule has 3 aromatic carbocycles. The predicted octanol–water partition coefficient (Wildman–Crippen LogP) is 4.99. The first-order valence-electron chi connectivity index (χ1n) is 12.4. The van der Waals surface area contributed by atoms with Crippen molar-refractivity contribution in [3.05, 3.63) is 89.2 Å². The first kappa shape index (κ1) is 29.9. The molecule has 0 spiro atoms. The molecule has 0 fully saturated rings. The van der Waals surface area contributed by atoms with Gasteiger partial charge in [0.05, 0.1) is 4.90 Å². The molecule has 39 heavy (non-hydrogen) atoms. The zero-order valence-corrected chi connectivity index (χ0v) is 23.3. The number of sulfonamides is 1. The number of amides is 2. The molecule has 208 valence electrons. The van der Waals surface area contributed by atoms with Crippen molar-refractivity contribution < 1.29 is 27.1 Å². The highest BCUT2D eigenvalue weighted by Gasteiger charge is 2.26. The van der Waals surface area contributed by atoms with E-state index in [0.717, 1.165) is 30.5 Å². The van der Waals surface area contributed by atoms with Gasteiger partial charge in [-0.15, -0.1) is 0 Å². The van der Waals surface area contributed by atoms with Gasteiger partial charge in [-0.25, -0.2) is 12.8 Å². The van der Waals surface area contributed by atoms with Gasteiger partial charge in [-0.3, -0.25) is 14.3 Å². The highest BCUT2D eigenvalue weighted by molar-refractivity contribution is 7.92. The molecule has 0 saturated heterocycles. The zero-order chi connectivity index (χ0) is 28.4. The second-order valence-corrected chi connectivity index (χ2v) is 11.0. The van der Waals surface area contributed by atoms with Crippen molar-refractivity contribution in [1.29, 1.82) is 0 Å². The molecule has 2 N–H and O–H groups in total. The molecule has 0 heterocycles. The van der Waals surface area contributed by atoms with Gasteiger partial charge in [-0.2, -0.15) is 0 Å². The van der Waals surface area contributed by atoms with Crippen LogP contribution >= 0.6 is 11.6 Å². The van der Waals surface area contributed by atoms with E-state index in [-0.39, 0.29) is 35.4 Å². The number of ether oxygens (including phenoxy) is 1. The van der Waals surface area contributed by atoms with Gasteiger partial charge in [0.25, 0.3) is 15.9 Å². The molecule has 0 saturated carbocycles. The molecular formula is C28H31ClFN3O5S. The summed E-state index contributed by atoms with van der Waals surface area (Å²) < 4.78 is 46.4. The molecule has 8 nitrogen and oxygen atoms in total. The lowest BCUT2D eigenvalue weighted by Crippen LogP contribution is -2.49.